The van der Waals surface area contributed by atoms with E-state index in [2.05, 4.69) is 19.2 Å². The van der Waals surface area contributed by atoms with Crippen molar-refractivity contribution in [1.82, 2.24) is 14.8 Å². The second kappa shape index (κ2) is 8.41. The van der Waals surface area contributed by atoms with E-state index in [0.29, 0.717) is 31.0 Å². The number of likely N-dealkylation sites (tertiary alicyclic amines) is 1. The van der Waals surface area contributed by atoms with Gasteiger partial charge in [0, 0.05) is 19.1 Å². The third-order valence-corrected chi connectivity index (χ3v) is 6.10. The first-order chi connectivity index (χ1) is 14.1. The molecule has 2 atom stereocenters. The fraction of sp³-hybridized carbons (Fsp3) is 0.478. The largest absolute Gasteiger partial charge is 0.373 e. The lowest BCUT2D eigenvalue weighted by Crippen LogP contribution is -2.34. The monoisotopic (exact) mass is 395 g/mol. The molecular weight excluding hydrogens is 366 g/mol. The van der Waals surface area contributed by atoms with Gasteiger partial charge in [-0.25, -0.2) is 0 Å². The van der Waals surface area contributed by atoms with Crippen LogP contribution in [0, 0.1) is 0 Å². The number of fused-ring (bicyclic) bond motifs is 1. The molecule has 0 saturated carbocycles. The summed E-state index contributed by atoms with van der Waals surface area (Å²) < 4.78 is 7.58. The number of benzene rings is 1. The van der Waals surface area contributed by atoms with Crippen LogP contribution in [0.15, 0.2) is 36.4 Å². The molecule has 1 N–H and O–H groups in total. The van der Waals surface area contributed by atoms with Crippen molar-refractivity contribution in [1.29, 1.82) is 0 Å². The van der Waals surface area contributed by atoms with Gasteiger partial charge in [-0.15, -0.1) is 0 Å². The molecule has 29 heavy (non-hydrogen) atoms. The number of hydrogen-bond acceptors (Lipinski definition) is 3. The molecule has 2 amide bonds. The van der Waals surface area contributed by atoms with Gasteiger partial charge in [0.2, 0.25) is 0 Å². The fourth-order valence-corrected chi connectivity index (χ4v) is 4.43. The smallest absolute Gasteiger partial charge is 0.268 e. The van der Waals surface area contributed by atoms with Crippen molar-refractivity contribution in [3.63, 3.8) is 0 Å². The summed E-state index contributed by atoms with van der Waals surface area (Å²) in [4.78, 5) is 28.3. The summed E-state index contributed by atoms with van der Waals surface area (Å²) in [6.07, 6.45) is 2.85. The maximum Gasteiger partial charge on any atom is 0.268 e. The summed E-state index contributed by atoms with van der Waals surface area (Å²) in [7, 11) is 0. The molecule has 6 nitrogen and oxygen atoms in total. The Bertz CT molecular complexity index is 890. The maximum absolute atomic E-state index is 13.2. The number of ether oxygens (including phenoxy) is 1. The van der Waals surface area contributed by atoms with Gasteiger partial charge in [-0.3, -0.25) is 9.59 Å². The Morgan fingerprint density at radius 2 is 2.03 bits per heavy atom. The zero-order valence-corrected chi connectivity index (χ0v) is 17.2. The number of hydrogen-bond donors (Lipinski definition) is 1. The number of amides is 2. The first kappa shape index (κ1) is 19.7. The average molecular weight is 396 g/mol. The Kier molecular flexibility index (Phi) is 5.72. The van der Waals surface area contributed by atoms with E-state index in [1.165, 1.54) is 0 Å². The molecule has 0 aliphatic carbocycles. The van der Waals surface area contributed by atoms with Crippen molar-refractivity contribution >= 4 is 11.8 Å². The van der Waals surface area contributed by atoms with E-state index in [1.807, 2.05) is 39.8 Å². The van der Waals surface area contributed by atoms with Crippen molar-refractivity contribution in [2.45, 2.75) is 58.3 Å². The SMILES string of the molecule is CC[C@@H](NC(=O)c1cc(C(=O)N2CCCC2C)c2n1CCOC2)c1ccccc1. The minimum absolute atomic E-state index is 0.0124. The first-order valence-electron chi connectivity index (χ1n) is 10.6. The highest BCUT2D eigenvalue weighted by Gasteiger charge is 2.32. The van der Waals surface area contributed by atoms with Crippen molar-refractivity contribution in [2.75, 3.05) is 13.2 Å². The summed E-state index contributed by atoms with van der Waals surface area (Å²) >= 11 is 0. The summed E-state index contributed by atoms with van der Waals surface area (Å²) in [5.74, 6) is -0.129. The van der Waals surface area contributed by atoms with Gasteiger partial charge in [0.1, 0.15) is 5.69 Å². The Labute approximate surface area is 171 Å². The molecular formula is C23H29N3O3. The quantitative estimate of drug-likeness (QED) is 0.842. The lowest BCUT2D eigenvalue weighted by Gasteiger charge is -2.23. The Morgan fingerprint density at radius 1 is 1.24 bits per heavy atom. The molecule has 4 rings (SSSR count). The third kappa shape index (κ3) is 3.81. The first-order valence-corrected chi connectivity index (χ1v) is 10.6. The minimum Gasteiger partial charge on any atom is -0.373 e. The van der Waals surface area contributed by atoms with E-state index in [4.69, 9.17) is 4.74 Å². The molecule has 1 fully saturated rings. The predicted octanol–water partition coefficient (Wildman–Crippen LogP) is 3.52. The zero-order valence-electron chi connectivity index (χ0n) is 17.2. The minimum atomic E-state index is -0.141. The van der Waals surface area contributed by atoms with Crippen LogP contribution in [0.2, 0.25) is 0 Å². The summed E-state index contributed by atoms with van der Waals surface area (Å²) in [5.41, 5.74) is 3.06. The van der Waals surface area contributed by atoms with Crippen LogP contribution in [0.1, 0.15) is 71.3 Å². The van der Waals surface area contributed by atoms with Gasteiger partial charge in [0.25, 0.3) is 11.8 Å². The van der Waals surface area contributed by atoms with Crippen LogP contribution < -0.4 is 5.32 Å². The van der Waals surface area contributed by atoms with Gasteiger partial charge in [-0.2, -0.15) is 0 Å². The Morgan fingerprint density at radius 3 is 2.72 bits per heavy atom. The lowest BCUT2D eigenvalue weighted by atomic mass is 10.0. The van der Waals surface area contributed by atoms with Crippen LogP contribution >= 0.6 is 0 Å². The normalized spacial score (nSPS) is 19.7. The number of rotatable bonds is 5. The maximum atomic E-state index is 13.2. The van der Waals surface area contributed by atoms with E-state index in [1.54, 1.807) is 6.07 Å². The number of nitrogens with one attached hydrogen (secondary N) is 1. The number of nitrogens with zero attached hydrogens (tertiary/aromatic N) is 2. The molecule has 154 valence electrons. The van der Waals surface area contributed by atoms with Crippen molar-refractivity contribution in [3.8, 4) is 0 Å². The molecule has 0 bridgehead atoms. The lowest BCUT2D eigenvalue weighted by molar-refractivity contribution is 0.0696. The molecule has 2 aromatic rings. The molecule has 0 radical (unpaired) electrons. The molecule has 3 heterocycles. The Hall–Kier alpha value is -2.60. The molecule has 2 aliphatic heterocycles. The highest BCUT2D eigenvalue weighted by Crippen LogP contribution is 2.27. The third-order valence-electron chi connectivity index (χ3n) is 6.10. The average Bonchev–Trinajstić information content (AvgIpc) is 3.36. The van der Waals surface area contributed by atoms with Crippen LogP contribution in [0.4, 0.5) is 0 Å². The van der Waals surface area contributed by atoms with E-state index in [9.17, 15) is 9.59 Å². The van der Waals surface area contributed by atoms with Gasteiger partial charge in [0.15, 0.2) is 0 Å². The molecule has 1 aromatic heterocycles. The summed E-state index contributed by atoms with van der Waals surface area (Å²) in [6.45, 7) is 6.42. The van der Waals surface area contributed by atoms with Crippen LogP contribution in [-0.4, -0.2) is 40.5 Å². The summed E-state index contributed by atoms with van der Waals surface area (Å²) in [6, 6.07) is 11.9. The number of carbonyl (C=O) groups excluding carboxylic acids is 2. The highest BCUT2D eigenvalue weighted by molar-refractivity contribution is 6.01. The molecule has 2 aliphatic rings. The van der Waals surface area contributed by atoms with Gasteiger partial charge >= 0.3 is 0 Å². The number of aromatic nitrogens is 1. The Balaban J connectivity index is 1.62. The van der Waals surface area contributed by atoms with Gasteiger partial charge in [0.05, 0.1) is 30.5 Å². The topological polar surface area (TPSA) is 63.6 Å². The summed E-state index contributed by atoms with van der Waals surface area (Å²) in [5, 5.41) is 3.15. The number of carbonyl (C=O) groups is 2. The van der Waals surface area contributed by atoms with Crippen molar-refractivity contribution in [2.24, 2.45) is 0 Å². The van der Waals surface area contributed by atoms with E-state index in [-0.39, 0.29) is 23.9 Å². The highest BCUT2D eigenvalue weighted by atomic mass is 16.5. The van der Waals surface area contributed by atoms with Crippen LogP contribution in [0.3, 0.4) is 0 Å². The fourth-order valence-electron chi connectivity index (χ4n) is 4.43. The molecule has 1 unspecified atom stereocenters. The van der Waals surface area contributed by atoms with Gasteiger partial charge in [-0.05, 0) is 37.8 Å². The van der Waals surface area contributed by atoms with Gasteiger partial charge < -0.3 is 19.5 Å². The van der Waals surface area contributed by atoms with E-state index in [0.717, 1.165) is 37.1 Å². The second-order valence-corrected chi connectivity index (χ2v) is 7.93. The van der Waals surface area contributed by atoms with Gasteiger partial charge in [-0.1, -0.05) is 37.3 Å². The molecule has 1 aromatic carbocycles. The van der Waals surface area contributed by atoms with Crippen molar-refractivity contribution in [3.05, 3.63) is 58.9 Å². The standard InChI is InChI=1S/C23H29N3O3/c1-3-19(17-9-5-4-6-10-17)24-22(27)20-14-18(21-15-29-13-12-26(20)21)23(28)25-11-7-8-16(25)2/h4-6,9-10,14,16,19H,3,7-8,11-13,15H2,1-2H3,(H,24,27)/t16?,19-/m1/s1. The zero-order chi connectivity index (χ0) is 20.4. The van der Waals surface area contributed by atoms with E-state index >= 15 is 0 Å². The second-order valence-electron chi connectivity index (χ2n) is 7.93. The van der Waals surface area contributed by atoms with Crippen LogP contribution in [0.25, 0.3) is 0 Å². The predicted molar refractivity (Wildman–Crippen MR) is 111 cm³/mol. The van der Waals surface area contributed by atoms with E-state index < -0.39 is 0 Å². The molecule has 1 saturated heterocycles. The van der Waals surface area contributed by atoms with Crippen LogP contribution in [0.5, 0.6) is 0 Å². The molecule has 6 heteroatoms. The van der Waals surface area contributed by atoms with Crippen molar-refractivity contribution < 1.29 is 14.3 Å². The molecule has 0 spiro atoms. The van der Waals surface area contributed by atoms with Crippen LogP contribution in [-0.2, 0) is 17.9 Å².